The molecule has 1 saturated carbocycles. The van der Waals surface area contributed by atoms with Crippen LogP contribution in [0, 0.1) is 5.92 Å². The molecule has 0 aliphatic heterocycles. The largest absolute Gasteiger partial charge is 0.353 e. The van der Waals surface area contributed by atoms with Gasteiger partial charge in [-0.25, -0.2) is 0 Å². The number of carbonyl (C=O) groups excluding carboxylic acids is 1. The minimum atomic E-state index is 0.259. The first-order chi connectivity index (χ1) is 10.2. The SMILES string of the molecule is CC1CCC(NC(=O)CCCCCc2ccccc2)CC1. The number of benzene rings is 1. The standard InChI is InChI=1S/C19H29NO/c1-16-12-14-18(15-13-16)20-19(21)11-7-3-6-10-17-8-4-2-5-9-17/h2,4-5,8-9,16,18H,3,6-7,10-15H2,1H3,(H,20,21). The van der Waals surface area contributed by atoms with Crippen LogP contribution in [0.15, 0.2) is 30.3 Å². The molecule has 0 saturated heterocycles. The molecule has 1 aromatic rings. The number of aryl methyl sites for hydroxylation is 1. The molecule has 1 fully saturated rings. The van der Waals surface area contributed by atoms with E-state index in [0.29, 0.717) is 12.5 Å². The van der Waals surface area contributed by atoms with Gasteiger partial charge in [0.05, 0.1) is 0 Å². The summed E-state index contributed by atoms with van der Waals surface area (Å²) in [4.78, 5) is 11.9. The Labute approximate surface area is 129 Å². The van der Waals surface area contributed by atoms with Crippen molar-refractivity contribution in [2.45, 2.75) is 70.8 Å². The van der Waals surface area contributed by atoms with E-state index in [1.807, 2.05) is 0 Å². The lowest BCUT2D eigenvalue weighted by molar-refractivity contribution is -0.122. The lowest BCUT2D eigenvalue weighted by Gasteiger charge is -2.26. The number of carbonyl (C=O) groups is 1. The van der Waals surface area contributed by atoms with Gasteiger partial charge in [-0.05, 0) is 56.4 Å². The fourth-order valence-corrected chi connectivity index (χ4v) is 3.14. The minimum absolute atomic E-state index is 0.259. The first-order valence-electron chi connectivity index (χ1n) is 8.57. The number of rotatable bonds is 7. The van der Waals surface area contributed by atoms with Gasteiger partial charge in [-0.2, -0.15) is 0 Å². The number of hydrogen-bond donors (Lipinski definition) is 1. The van der Waals surface area contributed by atoms with E-state index < -0.39 is 0 Å². The molecule has 116 valence electrons. The zero-order valence-corrected chi connectivity index (χ0v) is 13.3. The highest BCUT2D eigenvalue weighted by Gasteiger charge is 2.19. The van der Waals surface area contributed by atoms with Crippen molar-refractivity contribution >= 4 is 5.91 Å². The van der Waals surface area contributed by atoms with Gasteiger partial charge >= 0.3 is 0 Å². The van der Waals surface area contributed by atoms with Crippen LogP contribution in [0.1, 0.15) is 63.9 Å². The highest BCUT2D eigenvalue weighted by molar-refractivity contribution is 5.76. The lowest BCUT2D eigenvalue weighted by atomic mass is 9.87. The second kappa shape index (κ2) is 8.86. The quantitative estimate of drug-likeness (QED) is 0.736. The summed E-state index contributed by atoms with van der Waals surface area (Å²) in [5.74, 6) is 1.10. The van der Waals surface area contributed by atoms with Crippen LogP contribution in [0.3, 0.4) is 0 Å². The predicted molar refractivity (Wildman–Crippen MR) is 88.2 cm³/mol. The molecule has 0 atom stereocenters. The average Bonchev–Trinajstić information content (AvgIpc) is 2.50. The summed E-state index contributed by atoms with van der Waals surface area (Å²) in [5.41, 5.74) is 1.40. The van der Waals surface area contributed by atoms with Crippen molar-refractivity contribution in [3.05, 3.63) is 35.9 Å². The fraction of sp³-hybridized carbons (Fsp3) is 0.632. The number of unbranched alkanes of at least 4 members (excludes halogenated alkanes) is 2. The van der Waals surface area contributed by atoms with Gasteiger partial charge in [-0.3, -0.25) is 4.79 Å². The van der Waals surface area contributed by atoms with Crippen LogP contribution in [-0.4, -0.2) is 11.9 Å². The van der Waals surface area contributed by atoms with Crippen molar-refractivity contribution in [1.29, 1.82) is 0 Å². The maximum atomic E-state index is 11.9. The summed E-state index contributed by atoms with van der Waals surface area (Å²) in [6, 6.07) is 11.0. The van der Waals surface area contributed by atoms with Crippen molar-refractivity contribution < 1.29 is 4.79 Å². The van der Waals surface area contributed by atoms with Gasteiger partial charge in [0.25, 0.3) is 0 Å². The third kappa shape index (κ3) is 6.33. The van der Waals surface area contributed by atoms with Gasteiger partial charge in [0.15, 0.2) is 0 Å². The van der Waals surface area contributed by atoms with Gasteiger partial charge in [-0.15, -0.1) is 0 Å². The topological polar surface area (TPSA) is 29.1 Å². The normalized spacial score (nSPS) is 22.0. The molecule has 0 unspecified atom stereocenters. The maximum absolute atomic E-state index is 11.9. The van der Waals surface area contributed by atoms with E-state index in [9.17, 15) is 4.79 Å². The van der Waals surface area contributed by atoms with Crippen LogP contribution in [-0.2, 0) is 11.2 Å². The van der Waals surface area contributed by atoms with Gasteiger partial charge in [-0.1, -0.05) is 43.7 Å². The van der Waals surface area contributed by atoms with Crippen LogP contribution < -0.4 is 5.32 Å². The lowest BCUT2D eigenvalue weighted by Crippen LogP contribution is -2.37. The van der Waals surface area contributed by atoms with Crippen LogP contribution in [0.4, 0.5) is 0 Å². The number of amides is 1. The molecular formula is C19H29NO. The first-order valence-corrected chi connectivity index (χ1v) is 8.57. The van der Waals surface area contributed by atoms with E-state index in [-0.39, 0.29) is 5.91 Å². The third-order valence-electron chi connectivity index (χ3n) is 4.59. The molecule has 0 bridgehead atoms. The molecule has 0 spiro atoms. The summed E-state index contributed by atoms with van der Waals surface area (Å²) >= 11 is 0. The van der Waals surface area contributed by atoms with E-state index in [2.05, 4.69) is 42.6 Å². The monoisotopic (exact) mass is 287 g/mol. The molecule has 0 aromatic heterocycles. The summed E-state index contributed by atoms with van der Waals surface area (Å²) in [6.07, 6.45) is 10.0. The van der Waals surface area contributed by atoms with Gasteiger partial charge in [0.1, 0.15) is 0 Å². The molecule has 2 heteroatoms. The Balaban J connectivity index is 1.51. The summed E-state index contributed by atoms with van der Waals surface area (Å²) in [6.45, 7) is 2.31. The Hall–Kier alpha value is -1.31. The molecule has 1 N–H and O–H groups in total. The van der Waals surface area contributed by atoms with Crippen LogP contribution in [0.5, 0.6) is 0 Å². The van der Waals surface area contributed by atoms with E-state index in [1.165, 1.54) is 37.7 Å². The van der Waals surface area contributed by atoms with Crippen LogP contribution >= 0.6 is 0 Å². The van der Waals surface area contributed by atoms with E-state index in [4.69, 9.17) is 0 Å². The zero-order chi connectivity index (χ0) is 14.9. The minimum Gasteiger partial charge on any atom is -0.353 e. The molecule has 2 nitrogen and oxygen atoms in total. The molecule has 21 heavy (non-hydrogen) atoms. The Morgan fingerprint density at radius 1 is 1.05 bits per heavy atom. The van der Waals surface area contributed by atoms with Crippen molar-refractivity contribution in [2.24, 2.45) is 5.92 Å². The smallest absolute Gasteiger partial charge is 0.220 e. The van der Waals surface area contributed by atoms with E-state index in [0.717, 1.165) is 25.2 Å². The molecule has 1 amide bonds. The summed E-state index contributed by atoms with van der Waals surface area (Å²) in [5, 5.41) is 3.21. The van der Waals surface area contributed by atoms with E-state index >= 15 is 0 Å². The van der Waals surface area contributed by atoms with Gasteiger partial charge in [0.2, 0.25) is 5.91 Å². The first kappa shape index (κ1) is 16.1. The molecule has 2 rings (SSSR count). The van der Waals surface area contributed by atoms with E-state index in [1.54, 1.807) is 0 Å². The zero-order valence-electron chi connectivity index (χ0n) is 13.3. The van der Waals surface area contributed by atoms with Crippen molar-refractivity contribution in [3.63, 3.8) is 0 Å². The summed E-state index contributed by atoms with van der Waals surface area (Å²) in [7, 11) is 0. The second-order valence-electron chi connectivity index (χ2n) is 6.57. The summed E-state index contributed by atoms with van der Waals surface area (Å²) < 4.78 is 0. The maximum Gasteiger partial charge on any atom is 0.220 e. The highest BCUT2D eigenvalue weighted by Crippen LogP contribution is 2.23. The Morgan fingerprint density at radius 2 is 1.76 bits per heavy atom. The van der Waals surface area contributed by atoms with Crippen LogP contribution in [0.2, 0.25) is 0 Å². The molecule has 1 aromatic carbocycles. The number of nitrogens with one attached hydrogen (secondary N) is 1. The molecule has 0 radical (unpaired) electrons. The van der Waals surface area contributed by atoms with Crippen molar-refractivity contribution in [2.75, 3.05) is 0 Å². The number of hydrogen-bond acceptors (Lipinski definition) is 1. The molecular weight excluding hydrogens is 258 g/mol. The van der Waals surface area contributed by atoms with Crippen LogP contribution in [0.25, 0.3) is 0 Å². The van der Waals surface area contributed by atoms with Crippen molar-refractivity contribution in [1.82, 2.24) is 5.32 Å². The molecule has 1 aliphatic carbocycles. The third-order valence-corrected chi connectivity index (χ3v) is 4.59. The fourth-order valence-electron chi connectivity index (χ4n) is 3.14. The molecule has 1 aliphatic rings. The Bertz CT molecular complexity index is 407. The second-order valence-corrected chi connectivity index (χ2v) is 6.57. The average molecular weight is 287 g/mol. The van der Waals surface area contributed by atoms with Gasteiger partial charge < -0.3 is 5.32 Å². The highest BCUT2D eigenvalue weighted by atomic mass is 16.1. The van der Waals surface area contributed by atoms with Gasteiger partial charge in [0, 0.05) is 12.5 Å². The predicted octanol–water partition coefficient (Wildman–Crippen LogP) is 4.48. The Morgan fingerprint density at radius 3 is 2.48 bits per heavy atom. The molecule has 0 heterocycles. The Kier molecular flexibility index (Phi) is 6.78. The van der Waals surface area contributed by atoms with Crippen molar-refractivity contribution in [3.8, 4) is 0 Å².